The van der Waals surface area contributed by atoms with Gasteiger partial charge >= 0.3 is 0 Å². The summed E-state index contributed by atoms with van der Waals surface area (Å²) >= 11 is 0. The molecule has 1 aliphatic heterocycles. The second-order valence-corrected chi connectivity index (χ2v) is 3.24. The Bertz CT molecular complexity index is 446. The minimum atomic E-state index is 0.469. The molecule has 0 bridgehead atoms. The van der Waals surface area contributed by atoms with Gasteiger partial charge in [-0.05, 0) is 22.6 Å². The molecule has 14 heavy (non-hydrogen) atoms. The summed E-state index contributed by atoms with van der Waals surface area (Å²) in [7, 11) is 0. The molecule has 3 rings (SSSR count). The van der Waals surface area contributed by atoms with E-state index in [9.17, 15) is 0 Å². The maximum atomic E-state index is 4.20. The highest BCUT2D eigenvalue weighted by Crippen LogP contribution is 2.06. The second kappa shape index (κ2) is 2.88. The van der Waals surface area contributed by atoms with Gasteiger partial charge in [-0.25, -0.2) is 0 Å². The molecule has 2 aromatic heterocycles. The summed E-state index contributed by atoms with van der Waals surface area (Å²) < 4.78 is 1.41. The van der Waals surface area contributed by atoms with E-state index in [4.69, 9.17) is 0 Å². The van der Waals surface area contributed by atoms with Crippen molar-refractivity contribution in [3.8, 4) is 0 Å². The molecule has 0 amide bonds. The summed E-state index contributed by atoms with van der Waals surface area (Å²) in [5.41, 5.74) is 0.655. The lowest BCUT2D eigenvalue weighted by Crippen LogP contribution is -2.51. The Morgan fingerprint density at radius 2 is 2.36 bits per heavy atom. The zero-order chi connectivity index (χ0) is 9.38. The van der Waals surface area contributed by atoms with Crippen molar-refractivity contribution in [3.63, 3.8) is 0 Å². The maximum Gasteiger partial charge on any atom is 0.200 e. The zero-order valence-electron chi connectivity index (χ0n) is 7.38. The number of hydrogen-bond acceptors (Lipinski definition) is 6. The highest BCUT2D eigenvalue weighted by Gasteiger charge is 2.16. The highest BCUT2D eigenvalue weighted by molar-refractivity contribution is 5.43. The first-order valence-electron chi connectivity index (χ1n) is 4.44. The number of anilines is 1. The second-order valence-electron chi connectivity index (χ2n) is 3.24. The molecule has 0 aromatic carbocycles. The molecule has 1 saturated heterocycles. The third-order valence-electron chi connectivity index (χ3n) is 2.20. The smallest absolute Gasteiger partial charge is 0.200 e. The Kier molecular flexibility index (Phi) is 1.57. The molecule has 1 aliphatic rings. The quantitative estimate of drug-likeness (QED) is 0.627. The number of nitrogens with one attached hydrogen (secondary N) is 2. The maximum absolute atomic E-state index is 4.20. The SMILES string of the molecule is c1cc2nnnn2nc1NC1CNC1. The van der Waals surface area contributed by atoms with Gasteiger partial charge in [-0.1, -0.05) is 0 Å². The molecule has 0 saturated carbocycles. The van der Waals surface area contributed by atoms with Crippen LogP contribution < -0.4 is 10.6 Å². The van der Waals surface area contributed by atoms with Crippen LogP contribution in [-0.4, -0.2) is 44.4 Å². The molecule has 3 heterocycles. The van der Waals surface area contributed by atoms with Crippen molar-refractivity contribution >= 4 is 11.5 Å². The van der Waals surface area contributed by atoms with Gasteiger partial charge < -0.3 is 10.6 Å². The average Bonchev–Trinajstić information content (AvgIpc) is 2.58. The van der Waals surface area contributed by atoms with Crippen LogP contribution in [0.3, 0.4) is 0 Å². The first kappa shape index (κ1) is 7.63. The van der Waals surface area contributed by atoms with Crippen molar-refractivity contribution in [2.24, 2.45) is 0 Å². The van der Waals surface area contributed by atoms with E-state index in [0.29, 0.717) is 11.7 Å². The van der Waals surface area contributed by atoms with Crippen LogP contribution in [0.25, 0.3) is 5.65 Å². The standard InChI is InChI=1S/C7H9N7/c1-2-7-10-12-13-14(7)11-6(1)9-5-3-8-4-5/h1-2,5,8H,3-4H2,(H,9,11). The van der Waals surface area contributed by atoms with Crippen LogP contribution in [-0.2, 0) is 0 Å². The number of aromatic nitrogens is 5. The predicted molar refractivity (Wildman–Crippen MR) is 48.9 cm³/mol. The van der Waals surface area contributed by atoms with E-state index < -0.39 is 0 Å². The molecule has 7 heteroatoms. The Morgan fingerprint density at radius 3 is 3.14 bits per heavy atom. The molecule has 0 spiro atoms. The first-order chi connectivity index (χ1) is 6.92. The monoisotopic (exact) mass is 191 g/mol. The van der Waals surface area contributed by atoms with Gasteiger partial charge in [-0.15, -0.1) is 14.8 Å². The van der Waals surface area contributed by atoms with Gasteiger partial charge in [-0.3, -0.25) is 0 Å². The van der Waals surface area contributed by atoms with E-state index in [-0.39, 0.29) is 0 Å². The molecular weight excluding hydrogens is 182 g/mol. The molecule has 0 unspecified atom stereocenters. The first-order valence-corrected chi connectivity index (χ1v) is 4.44. The van der Waals surface area contributed by atoms with Gasteiger partial charge in [0.2, 0.25) is 0 Å². The van der Waals surface area contributed by atoms with Crippen LogP contribution in [0.2, 0.25) is 0 Å². The van der Waals surface area contributed by atoms with Crippen LogP contribution in [0.1, 0.15) is 0 Å². The summed E-state index contributed by atoms with van der Waals surface area (Å²) in [5.74, 6) is 0.802. The van der Waals surface area contributed by atoms with Gasteiger partial charge in [0.25, 0.3) is 0 Å². The van der Waals surface area contributed by atoms with Gasteiger partial charge in [0.05, 0.1) is 6.04 Å². The van der Waals surface area contributed by atoms with E-state index in [1.54, 1.807) is 0 Å². The molecule has 1 fully saturated rings. The minimum absolute atomic E-state index is 0.469. The number of nitrogens with zero attached hydrogens (tertiary/aromatic N) is 5. The molecule has 0 aliphatic carbocycles. The normalized spacial score (nSPS) is 16.9. The Balaban J connectivity index is 1.88. The van der Waals surface area contributed by atoms with E-state index in [0.717, 1.165) is 18.9 Å². The lowest BCUT2D eigenvalue weighted by Gasteiger charge is -2.28. The van der Waals surface area contributed by atoms with Crippen molar-refractivity contribution in [1.29, 1.82) is 0 Å². The third-order valence-corrected chi connectivity index (χ3v) is 2.20. The van der Waals surface area contributed by atoms with Crippen molar-refractivity contribution < 1.29 is 0 Å². The topological polar surface area (TPSA) is 80.0 Å². The third kappa shape index (κ3) is 1.18. The lowest BCUT2D eigenvalue weighted by molar-refractivity contribution is 0.470. The summed E-state index contributed by atoms with van der Waals surface area (Å²) in [6.45, 7) is 1.96. The van der Waals surface area contributed by atoms with Crippen LogP contribution in [0, 0.1) is 0 Å². The number of fused-ring (bicyclic) bond motifs is 1. The average molecular weight is 191 g/mol. The fourth-order valence-corrected chi connectivity index (χ4v) is 1.33. The zero-order valence-corrected chi connectivity index (χ0v) is 7.38. The van der Waals surface area contributed by atoms with Gasteiger partial charge in [0.1, 0.15) is 5.82 Å². The largest absolute Gasteiger partial charge is 0.363 e. The van der Waals surface area contributed by atoms with Gasteiger partial charge in [-0.2, -0.15) is 0 Å². The molecule has 2 N–H and O–H groups in total. The van der Waals surface area contributed by atoms with Gasteiger partial charge in [0.15, 0.2) is 5.65 Å². The van der Waals surface area contributed by atoms with Crippen molar-refractivity contribution in [2.75, 3.05) is 18.4 Å². The van der Waals surface area contributed by atoms with Crippen LogP contribution >= 0.6 is 0 Å². The molecular formula is C7H9N7. The molecule has 72 valence electrons. The Hall–Kier alpha value is -1.76. The summed E-state index contributed by atoms with van der Waals surface area (Å²) in [4.78, 5) is 0. The minimum Gasteiger partial charge on any atom is -0.363 e. The van der Waals surface area contributed by atoms with Crippen LogP contribution in [0.5, 0.6) is 0 Å². The Morgan fingerprint density at radius 1 is 1.43 bits per heavy atom. The summed E-state index contributed by atoms with van der Waals surface area (Å²) in [5, 5.41) is 21.7. The van der Waals surface area contributed by atoms with Crippen molar-refractivity contribution in [2.45, 2.75) is 6.04 Å². The summed E-state index contributed by atoms with van der Waals surface area (Å²) in [6.07, 6.45) is 0. The molecule has 0 radical (unpaired) electrons. The van der Waals surface area contributed by atoms with Crippen LogP contribution in [0.15, 0.2) is 12.1 Å². The predicted octanol–water partition coefficient (Wildman–Crippen LogP) is -1.10. The number of rotatable bonds is 2. The van der Waals surface area contributed by atoms with Crippen LogP contribution in [0.4, 0.5) is 5.82 Å². The lowest BCUT2D eigenvalue weighted by atomic mass is 10.2. The Labute approximate surface area is 79.5 Å². The summed E-state index contributed by atoms with van der Waals surface area (Å²) in [6, 6.07) is 4.18. The van der Waals surface area contributed by atoms with Crippen molar-refractivity contribution in [3.05, 3.63) is 12.1 Å². The van der Waals surface area contributed by atoms with E-state index >= 15 is 0 Å². The molecule has 0 atom stereocenters. The number of hydrogen-bond donors (Lipinski definition) is 2. The number of tetrazole rings is 1. The molecule has 7 nitrogen and oxygen atoms in total. The van der Waals surface area contributed by atoms with E-state index in [1.165, 1.54) is 4.63 Å². The fraction of sp³-hybridized carbons (Fsp3) is 0.429. The fourth-order valence-electron chi connectivity index (χ4n) is 1.33. The highest BCUT2D eigenvalue weighted by atomic mass is 15.6. The van der Waals surface area contributed by atoms with Gasteiger partial charge in [0, 0.05) is 13.1 Å². The van der Waals surface area contributed by atoms with E-state index in [2.05, 4.69) is 31.3 Å². The molecule has 2 aromatic rings. The van der Waals surface area contributed by atoms with Crippen molar-refractivity contribution in [1.82, 2.24) is 30.6 Å². The van der Waals surface area contributed by atoms with E-state index in [1.807, 2.05) is 12.1 Å².